The Bertz CT molecular complexity index is 860. The Hall–Kier alpha value is -2.28. The number of furan rings is 1. The lowest BCUT2D eigenvalue weighted by Crippen LogP contribution is -2.38. The molecule has 2 heterocycles. The molecular formula is C19H24N2O4S. The van der Waals surface area contributed by atoms with Crippen LogP contribution in [0.1, 0.15) is 40.9 Å². The van der Waals surface area contributed by atoms with Crippen molar-refractivity contribution in [2.45, 2.75) is 32.6 Å². The molecule has 1 aliphatic heterocycles. The molecule has 140 valence electrons. The Kier molecular flexibility index (Phi) is 5.66. The Morgan fingerprint density at radius 2 is 2.12 bits per heavy atom. The van der Waals surface area contributed by atoms with Crippen LogP contribution in [0, 0.1) is 6.92 Å². The van der Waals surface area contributed by atoms with Gasteiger partial charge >= 0.3 is 0 Å². The molecule has 0 aliphatic carbocycles. The van der Waals surface area contributed by atoms with Gasteiger partial charge in [-0.3, -0.25) is 9.10 Å². The van der Waals surface area contributed by atoms with Crippen LogP contribution >= 0.6 is 0 Å². The molecule has 0 atom stereocenters. The highest BCUT2D eigenvalue weighted by Crippen LogP contribution is 2.27. The number of sulfonamides is 1. The summed E-state index contributed by atoms with van der Waals surface area (Å²) in [6.07, 6.45) is 4.70. The Morgan fingerprint density at radius 1 is 1.27 bits per heavy atom. The van der Waals surface area contributed by atoms with E-state index < -0.39 is 10.0 Å². The lowest BCUT2D eigenvalue weighted by atomic mass is 10.1. The molecule has 0 spiro atoms. The van der Waals surface area contributed by atoms with Crippen molar-refractivity contribution in [3.8, 4) is 0 Å². The van der Waals surface area contributed by atoms with E-state index >= 15 is 0 Å². The fourth-order valence-corrected chi connectivity index (χ4v) is 4.79. The van der Waals surface area contributed by atoms with E-state index in [-0.39, 0.29) is 11.7 Å². The molecule has 0 radical (unpaired) electrons. The first kappa shape index (κ1) is 18.5. The summed E-state index contributed by atoms with van der Waals surface area (Å²) in [5.74, 6) is 0.864. The van der Waals surface area contributed by atoms with Gasteiger partial charge in [-0.25, -0.2) is 8.42 Å². The summed E-state index contributed by atoms with van der Waals surface area (Å²) in [6, 6.07) is 8.97. The lowest BCUT2D eigenvalue weighted by Gasteiger charge is -2.29. The predicted molar refractivity (Wildman–Crippen MR) is 101 cm³/mol. The maximum atomic E-state index is 12.4. The van der Waals surface area contributed by atoms with Crippen LogP contribution in [-0.4, -0.2) is 33.2 Å². The first-order valence-corrected chi connectivity index (χ1v) is 10.5. The third kappa shape index (κ3) is 4.27. The monoisotopic (exact) mass is 376 g/mol. The number of carbonyl (C=O) groups excluding carboxylic acids is 1. The summed E-state index contributed by atoms with van der Waals surface area (Å²) in [4.78, 5) is 12.4. The third-order valence-corrected chi connectivity index (χ3v) is 6.41. The molecule has 1 saturated heterocycles. The number of amides is 1. The van der Waals surface area contributed by atoms with Crippen LogP contribution in [0.3, 0.4) is 0 Å². The van der Waals surface area contributed by atoms with E-state index in [2.05, 4.69) is 5.32 Å². The largest absolute Gasteiger partial charge is 0.469 e. The van der Waals surface area contributed by atoms with Crippen LogP contribution in [-0.2, 0) is 16.4 Å². The normalized spacial score (nSPS) is 16.4. The highest BCUT2D eigenvalue weighted by molar-refractivity contribution is 7.92. The summed E-state index contributed by atoms with van der Waals surface area (Å²) in [7, 11) is -3.30. The zero-order chi connectivity index (χ0) is 18.6. The van der Waals surface area contributed by atoms with Gasteiger partial charge < -0.3 is 9.73 Å². The molecular weight excluding hydrogens is 352 g/mol. The molecule has 26 heavy (non-hydrogen) atoms. The van der Waals surface area contributed by atoms with Gasteiger partial charge in [0.2, 0.25) is 10.0 Å². The zero-order valence-corrected chi connectivity index (χ0v) is 15.7. The molecule has 0 unspecified atom stereocenters. The summed E-state index contributed by atoms with van der Waals surface area (Å²) in [5.41, 5.74) is 1.93. The van der Waals surface area contributed by atoms with Gasteiger partial charge in [0.15, 0.2) is 0 Å². The van der Waals surface area contributed by atoms with E-state index in [1.165, 1.54) is 4.31 Å². The third-order valence-electron chi connectivity index (χ3n) is 4.55. The summed E-state index contributed by atoms with van der Waals surface area (Å²) < 4.78 is 31.4. The van der Waals surface area contributed by atoms with Crippen molar-refractivity contribution in [1.82, 2.24) is 5.32 Å². The van der Waals surface area contributed by atoms with Gasteiger partial charge in [-0.15, -0.1) is 0 Å². The number of rotatable bonds is 6. The van der Waals surface area contributed by atoms with Gasteiger partial charge in [0.05, 0.1) is 17.7 Å². The van der Waals surface area contributed by atoms with Gasteiger partial charge in [-0.1, -0.05) is 6.07 Å². The van der Waals surface area contributed by atoms with Crippen molar-refractivity contribution < 1.29 is 17.6 Å². The topological polar surface area (TPSA) is 79.6 Å². The number of nitrogens with zero attached hydrogens (tertiary/aromatic N) is 1. The highest BCUT2D eigenvalue weighted by Gasteiger charge is 2.27. The number of hydrogen-bond acceptors (Lipinski definition) is 4. The minimum Gasteiger partial charge on any atom is -0.469 e. The molecule has 0 bridgehead atoms. The van der Waals surface area contributed by atoms with Crippen molar-refractivity contribution in [3.05, 3.63) is 53.5 Å². The summed E-state index contributed by atoms with van der Waals surface area (Å²) in [6.45, 7) is 2.87. The number of benzene rings is 1. The number of hydrogen-bond donors (Lipinski definition) is 1. The molecule has 1 aliphatic rings. The summed E-state index contributed by atoms with van der Waals surface area (Å²) >= 11 is 0. The van der Waals surface area contributed by atoms with Crippen LogP contribution in [0.5, 0.6) is 0 Å². The smallest absolute Gasteiger partial charge is 0.251 e. The van der Waals surface area contributed by atoms with Crippen LogP contribution in [0.25, 0.3) is 0 Å². The quantitative estimate of drug-likeness (QED) is 0.786. The van der Waals surface area contributed by atoms with E-state index in [9.17, 15) is 13.2 Å². The Labute approximate surface area is 154 Å². The van der Waals surface area contributed by atoms with Gasteiger partial charge in [-0.2, -0.15) is 0 Å². The molecule has 6 nitrogen and oxygen atoms in total. The second kappa shape index (κ2) is 7.95. The molecule has 1 fully saturated rings. The van der Waals surface area contributed by atoms with Gasteiger partial charge in [0, 0.05) is 25.1 Å². The molecule has 1 N–H and O–H groups in total. The molecule has 1 aromatic heterocycles. The molecule has 3 rings (SSSR count). The predicted octanol–water partition coefficient (Wildman–Crippen LogP) is 2.88. The number of carbonyl (C=O) groups is 1. The average molecular weight is 376 g/mol. The maximum Gasteiger partial charge on any atom is 0.251 e. The maximum absolute atomic E-state index is 12.4. The molecule has 7 heteroatoms. The van der Waals surface area contributed by atoms with E-state index in [0.717, 1.165) is 30.6 Å². The van der Waals surface area contributed by atoms with Gasteiger partial charge in [0.25, 0.3) is 5.91 Å². The molecule has 0 saturated carbocycles. The fourth-order valence-electron chi connectivity index (χ4n) is 3.10. The van der Waals surface area contributed by atoms with E-state index in [1.54, 1.807) is 24.5 Å². The van der Waals surface area contributed by atoms with Crippen molar-refractivity contribution in [1.29, 1.82) is 0 Å². The van der Waals surface area contributed by atoms with Crippen molar-refractivity contribution in [3.63, 3.8) is 0 Å². The van der Waals surface area contributed by atoms with Crippen LogP contribution < -0.4 is 9.62 Å². The van der Waals surface area contributed by atoms with E-state index in [4.69, 9.17) is 4.42 Å². The van der Waals surface area contributed by atoms with E-state index in [0.29, 0.717) is 30.8 Å². The average Bonchev–Trinajstić information content (AvgIpc) is 3.12. The molecule has 2 aromatic rings. The molecule has 1 amide bonds. The van der Waals surface area contributed by atoms with Crippen LogP contribution in [0.15, 0.2) is 41.0 Å². The lowest BCUT2D eigenvalue weighted by molar-refractivity contribution is 0.0953. The Morgan fingerprint density at radius 3 is 2.85 bits per heavy atom. The van der Waals surface area contributed by atoms with Crippen LogP contribution in [0.4, 0.5) is 5.69 Å². The first-order chi connectivity index (χ1) is 12.5. The van der Waals surface area contributed by atoms with Crippen LogP contribution in [0.2, 0.25) is 0 Å². The second-order valence-corrected chi connectivity index (χ2v) is 8.55. The number of aryl methyl sites for hydroxylation is 2. The second-order valence-electron chi connectivity index (χ2n) is 6.54. The first-order valence-electron chi connectivity index (χ1n) is 8.89. The van der Waals surface area contributed by atoms with Gasteiger partial charge in [-0.05, 0) is 56.0 Å². The minimum absolute atomic E-state index is 0.162. The highest BCUT2D eigenvalue weighted by atomic mass is 32.2. The van der Waals surface area contributed by atoms with Crippen molar-refractivity contribution in [2.75, 3.05) is 23.1 Å². The van der Waals surface area contributed by atoms with Crippen molar-refractivity contribution in [2.24, 2.45) is 0 Å². The molecule has 1 aromatic carbocycles. The van der Waals surface area contributed by atoms with Gasteiger partial charge in [0.1, 0.15) is 5.76 Å². The SMILES string of the molecule is Cc1ccc(C(=O)NCCCc2ccco2)cc1N1CCCCS1(=O)=O. The zero-order valence-electron chi connectivity index (χ0n) is 14.9. The Balaban J connectivity index is 1.65. The number of nitrogens with one attached hydrogen (secondary N) is 1. The fraction of sp³-hybridized carbons (Fsp3) is 0.421. The number of anilines is 1. The standard InChI is InChI=1S/C19H24N2O4S/c1-15-8-9-16(14-18(15)21-11-2-3-13-26(21,23)24)19(22)20-10-4-6-17-7-5-12-25-17/h5,7-9,12,14H,2-4,6,10-11,13H2,1H3,(H,20,22). The minimum atomic E-state index is -3.30. The summed E-state index contributed by atoms with van der Waals surface area (Å²) in [5, 5.41) is 2.88. The van der Waals surface area contributed by atoms with E-state index in [1.807, 2.05) is 19.1 Å². The van der Waals surface area contributed by atoms with Crippen molar-refractivity contribution >= 4 is 21.6 Å².